The smallest absolute Gasteiger partial charge is 0.236 e. The normalized spacial score (nSPS) is 13.6. The maximum atomic E-state index is 11.9. The van der Waals surface area contributed by atoms with Crippen molar-refractivity contribution >= 4 is 18.3 Å². The topological polar surface area (TPSA) is 32.3 Å². The first kappa shape index (κ1) is 18.0. The molecular weight excluding hydrogens is 284 g/mol. The third-order valence-corrected chi connectivity index (χ3v) is 3.88. The fraction of sp³-hybridized carbons (Fsp3) is 0.588. The second-order valence-corrected chi connectivity index (χ2v) is 5.83. The van der Waals surface area contributed by atoms with E-state index in [1.807, 2.05) is 18.0 Å². The Labute approximate surface area is 134 Å². The summed E-state index contributed by atoms with van der Waals surface area (Å²) in [5.41, 5.74) is 1.38. The van der Waals surface area contributed by atoms with Crippen LogP contribution >= 0.6 is 12.4 Å². The van der Waals surface area contributed by atoms with Gasteiger partial charge in [-0.05, 0) is 50.1 Å². The number of hydrogen-bond acceptors (Lipinski definition) is 2. The second kappa shape index (κ2) is 9.80. The van der Waals surface area contributed by atoms with Gasteiger partial charge in [-0.25, -0.2) is 0 Å². The average molecular weight is 311 g/mol. The summed E-state index contributed by atoms with van der Waals surface area (Å²) < 4.78 is 0. The highest BCUT2D eigenvalue weighted by Crippen LogP contribution is 2.27. The van der Waals surface area contributed by atoms with Gasteiger partial charge in [-0.2, -0.15) is 0 Å². The molecule has 0 saturated heterocycles. The van der Waals surface area contributed by atoms with E-state index in [1.54, 1.807) is 0 Å². The van der Waals surface area contributed by atoms with Gasteiger partial charge in [0.05, 0.1) is 6.54 Å². The molecule has 1 N–H and O–H groups in total. The predicted molar refractivity (Wildman–Crippen MR) is 89.9 cm³/mol. The van der Waals surface area contributed by atoms with Crippen molar-refractivity contribution in [3.8, 4) is 0 Å². The Hall–Kier alpha value is -1.06. The number of carbonyl (C=O) groups is 1. The lowest BCUT2D eigenvalue weighted by atomic mass is 10.1. The second-order valence-electron chi connectivity index (χ2n) is 5.83. The molecule has 1 saturated carbocycles. The maximum Gasteiger partial charge on any atom is 0.236 e. The zero-order chi connectivity index (χ0) is 14.2. The number of carbonyl (C=O) groups excluding carboxylic acids is 1. The van der Waals surface area contributed by atoms with Crippen molar-refractivity contribution in [2.75, 3.05) is 26.7 Å². The van der Waals surface area contributed by atoms with Gasteiger partial charge in [0.15, 0.2) is 0 Å². The summed E-state index contributed by atoms with van der Waals surface area (Å²) in [5.74, 6) is 1.05. The summed E-state index contributed by atoms with van der Waals surface area (Å²) in [4.78, 5) is 13.7. The number of amides is 1. The van der Waals surface area contributed by atoms with Crippen LogP contribution in [0.3, 0.4) is 0 Å². The van der Waals surface area contributed by atoms with E-state index in [0.29, 0.717) is 6.54 Å². The van der Waals surface area contributed by atoms with Crippen LogP contribution in [0.5, 0.6) is 0 Å². The van der Waals surface area contributed by atoms with E-state index in [2.05, 4.69) is 29.6 Å². The molecule has 3 nitrogen and oxygen atoms in total. The van der Waals surface area contributed by atoms with Gasteiger partial charge < -0.3 is 10.2 Å². The Kier molecular flexibility index (Phi) is 8.40. The molecule has 0 radical (unpaired) electrons. The van der Waals surface area contributed by atoms with Crippen LogP contribution in [0.1, 0.15) is 31.2 Å². The van der Waals surface area contributed by atoms with Gasteiger partial charge in [-0.15, -0.1) is 12.4 Å². The average Bonchev–Trinajstić information content (AvgIpc) is 3.28. The lowest BCUT2D eigenvalue weighted by Gasteiger charge is -2.17. The van der Waals surface area contributed by atoms with E-state index < -0.39 is 0 Å². The Morgan fingerprint density at radius 3 is 2.62 bits per heavy atom. The minimum atomic E-state index is 0. The summed E-state index contributed by atoms with van der Waals surface area (Å²) in [5, 5.41) is 3.25. The first-order chi connectivity index (χ1) is 9.75. The first-order valence-electron chi connectivity index (χ1n) is 7.74. The van der Waals surface area contributed by atoms with Crippen molar-refractivity contribution in [2.45, 2.75) is 32.1 Å². The van der Waals surface area contributed by atoms with Gasteiger partial charge in [0.25, 0.3) is 0 Å². The number of aryl methyl sites for hydroxylation is 1. The zero-order valence-electron chi connectivity index (χ0n) is 12.9. The number of likely N-dealkylation sites (N-methyl/N-ethyl adjacent to an activating group) is 1. The largest absolute Gasteiger partial charge is 0.345 e. The third kappa shape index (κ3) is 7.49. The SMILES string of the molecule is CN(CCCCc1ccccc1)C(=O)CNCC1CC1.Cl. The third-order valence-electron chi connectivity index (χ3n) is 3.88. The molecule has 0 heterocycles. The van der Waals surface area contributed by atoms with E-state index >= 15 is 0 Å². The molecule has 0 spiro atoms. The number of hydrogen-bond donors (Lipinski definition) is 1. The van der Waals surface area contributed by atoms with Crippen LogP contribution in [0.15, 0.2) is 30.3 Å². The fourth-order valence-electron chi connectivity index (χ4n) is 2.29. The molecule has 1 amide bonds. The molecule has 118 valence electrons. The molecule has 1 aromatic carbocycles. The molecule has 0 unspecified atom stereocenters. The summed E-state index contributed by atoms with van der Waals surface area (Å²) in [6, 6.07) is 10.5. The predicted octanol–water partition coefficient (Wildman–Crippen LogP) is 2.89. The molecule has 4 heteroatoms. The summed E-state index contributed by atoms with van der Waals surface area (Å²) >= 11 is 0. The molecule has 1 aliphatic carbocycles. The fourth-order valence-corrected chi connectivity index (χ4v) is 2.29. The highest BCUT2D eigenvalue weighted by Gasteiger charge is 2.20. The minimum Gasteiger partial charge on any atom is -0.345 e. The highest BCUT2D eigenvalue weighted by atomic mass is 35.5. The van der Waals surface area contributed by atoms with Crippen LogP contribution in [-0.2, 0) is 11.2 Å². The molecular formula is C17H27ClN2O. The van der Waals surface area contributed by atoms with Crippen molar-refractivity contribution in [1.82, 2.24) is 10.2 Å². The molecule has 0 aromatic heterocycles. The highest BCUT2D eigenvalue weighted by molar-refractivity contribution is 5.85. The van der Waals surface area contributed by atoms with Crippen molar-refractivity contribution in [3.63, 3.8) is 0 Å². The standard InChI is InChI=1S/C17H26N2O.ClH/c1-19(17(20)14-18-13-16-10-11-16)12-6-5-9-15-7-3-2-4-8-15;/h2-4,7-8,16,18H,5-6,9-14H2,1H3;1H. The van der Waals surface area contributed by atoms with Crippen molar-refractivity contribution in [1.29, 1.82) is 0 Å². The van der Waals surface area contributed by atoms with Crippen LogP contribution in [-0.4, -0.2) is 37.5 Å². The number of rotatable bonds is 9. The summed E-state index contributed by atoms with van der Waals surface area (Å²) in [7, 11) is 1.91. The van der Waals surface area contributed by atoms with Gasteiger partial charge in [0.2, 0.25) is 5.91 Å². The van der Waals surface area contributed by atoms with Gasteiger partial charge in [0.1, 0.15) is 0 Å². The Morgan fingerprint density at radius 2 is 1.95 bits per heavy atom. The van der Waals surface area contributed by atoms with Crippen LogP contribution in [0.2, 0.25) is 0 Å². The van der Waals surface area contributed by atoms with Gasteiger partial charge >= 0.3 is 0 Å². The van der Waals surface area contributed by atoms with Crippen LogP contribution < -0.4 is 5.32 Å². The molecule has 1 aliphatic rings. The maximum absolute atomic E-state index is 11.9. The molecule has 21 heavy (non-hydrogen) atoms. The van der Waals surface area contributed by atoms with E-state index in [1.165, 1.54) is 18.4 Å². The van der Waals surface area contributed by atoms with Crippen molar-refractivity contribution in [2.24, 2.45) is 5.92 Å². The lowest BCUT2D eigenvalue weighted by molar-refractivity contribution is -0.129. The van der Waals surface area contributed by atoms with Crippen LogP contribution in [0.4, 0.5) is 0 Å². The Bertz CT molecular complexity index is 407. The Balaban J connectivity index is 0.00000220. The summed E-state index contributed by atoms with van der Waals surface area (Å²) in [6.07, 6.45) is 5.97. The molecule has 1 aromatic rings. The molecule has 1 fully saturated rings. The number of unbranched alkanes of at least 4 members (excludes halogenated alkanes) is 1. The number of nitrogens with zero attached hydrogens (tertiary/aromatic N) is 1. The molecule has 2 rings (SSSR count). The van der Waals surface area contributed by atoms with Gasteiger partial charge in [-0.3, -0.25) is 4.79 Å². The first-order valence-corrected chi connectivity index (χ1v) is 7.74. The van der Waals surface area contributed by atoms with E-state index in [0.717, 1.165) is 38.3 Å². The van der Waals surface area contributed by atoms with Crippen LogP contribution in [0.25, 0.3) is 0 Å². The Morgan fingerprint density at radius 1 is 1.24 bits per heavy atom. The van der Waals surface area contributed by atoms with E-state index in [4.69, 9.17) is 0 Å². The van der Waals surface area contributed by atoms with Crippen molar-refractivity contribution in [3.05, 3.63) is 35.9 Å². The van der Waals surface area contributed by atoms with Gasteiger partial charge in [-0.1, -0.05) is 30.3 Å². The zero-order valence-corrected chi connectivity index (χ0v) is 13.7. The number of halogens is 1. The molecule has 0 bridgehead atoms. The van der Waals surface area contributed by atoms with E-state index in [9.17, 15) is 4.79 Å². The quantitative estimate of drug-likeness (QED) is 0.711. The van der Waals surface area contributed by atoms with E-state index in [-0.39, 0.29) is 18.3 Å². The lowest BCUT2D eigenvalue weighted by Crippen LogP contribution is -2.36. The number of nitrogens with one attached hydrogen (secondary N) is 1. The number of benzene rings is 1. The minimum absolute atomic E-state index is 0. The summed E-state index contributed by atoms with van der Waals surface area (Å²) in [6.45, 7) is 2.36. The van der Waals surface area contributed by atoms with Crippen molar-refractivity contribution < 1.29 is 4.79 Å². The molecule has 0 aliphatic heterocycles. The van der Waals surface area contributed by atoms with Crippen LogP contribution in [0, 0.1) is 5.92 Å². The molecule has 0 atom stereocenters. The van der Waals surface area contributed by atoms with Gasteiger partial charge in [0, 0.05) is 13.6 Å². The monoisotopic (exact) mass is 310 g/mol.